The van der Waals surface area contributed by atoms with Crippen molar-refractivity contribution in [1.82, 2.24) is 0 Å². The zero-order valence-corrected chi connectivity index (χ0v) is 17.8. The molecule has 5 nitrogen and oxygen atoms in total. The van der Waals surface area contributed by atoms with Crippen molar-refractivity contribution in [3.63, 3.8) is 0 Å². The SMILES string of the molecule is COc1ccccc1[C@H]1O[C@@H](c2ccccc2Cl)OC[C@H]1CCC=CCCC(=O)O. The summed E-state index contributed by atoms with van der Waals surface area (Å²) in [5.41, 5.74) is 1.80. The number of ether oxygens (including phenoxy) is 3. The standard InChI is InChI=1S/C24H27ClO5/c1-28-21-14-9-7-12-19(21)23-17(10-4-2-3-5-15-22(26)27)16-29-24(30-23)18-11-6-8-13-20(18)25/h2-3,6-9,11-14,17,23-24H,4-5,10,15-16H2,1H3,(H,26,27)/t17-,23+,24+/m1/s1. The van der Waals surface area contributed by atoms with Gasteiger partial charge in [-0.3, -0.25) is 4.79 Å². The molecule has 2 aromatic rings. The number of methoxy groups -OCH3 is 1. The van der Waals surface area contributed by atoms with Crippen LogP contribution in [0.3, 0.4) is 0 Å². The number of hydrogen-bond acceptors (Lipinski definition) is 4. The predicted molar refractivity (Wildman–Crippen MR) is 116 cm³/mol. The highest BCUT2D eigenvalue weighted by Crippen LogP contribution is 2.44. The lowest BCUT2D eigenvalue weighted by Crippen LogP contribution is -2.31. The van der Waals surface area contributed by atoms with Crippen molar-refractivity contribution < 1.29 is 24.1 Å². The summed E-state index contributed by atoms with van der Waals surface area (Å²) in [6.07, 6.45) is 5.55. The molecule has 0 aliphatic carbocycles. The molecule has 0 bridgehead atoms. The molecule has 0 saturated carbocycles. The summed E-state index contributed by atoms with van der Waals surface area (Å²) < 4.78 is 18.0. The molecule has 3 rings (SSSR count). The monoisotopic (exact) mass is 430 g/mol. The van der Waals surface area contributed by atoms with E-state index in [2.05, 4.69) is 0 Å². The maximum absolute atomic E-state index is 10.6. The zero-order valence-electron chi connectivity index (χ0n) is 17.0. The predicted octanol–water partition coefficient (Wildman–Crippen LogP) is 5.95. The number of carboxylic acids is 1. The number of hydrogen-bond donors (Lipinski definition) is 1. The van der Waals surface area contributed by atoms with Crippen LogP contribution in [0.2, 0.25) is 5.02 Å². The molecule has 6 heteroatoms. The number of rotatable bonds is 9. The van der Waals surface area contributed by atoms with E-state index in [0.717, 1.165) is 29.7 Å². The van der Waals surface area contributed by atoms with E-state index >= 15 is 0 Å². The first-order valence-electron chi connectivity index (χ1n) is 10.1. The Morgan fingerprint density at radius 2 is 1.83 bits per heavy atom. The summed E-state index contributed by atoms with van der Waals surface area (Å²) in [4.78, 5) is 10.6. The van der Waals surface area contributed by atoms with Gasteiger partial charge >= 0.3 is 5.97 Å². The van der Waals surface area contributed by atoms with Gasteiger partial charge in [-0.2, -0.15) is 0 Å². The van der Waals surface area contributed by atoms with Gasteiger partial charge in [0.25, 0.3) is 0 Å². The average molecular weight is 431 g/mol. The lowest BCUT2D eigenvalue weighted by Gasteiger charge is -2.37. The van der Waals surface area contributed by atoms with Gasteiger partial charge in [0.1, 0.15) is 5.75 Å². The number of para-hydroxylation sites is 1. The van der Waals surface area contributed by atoms with E-state index < -0.39 is 12.3 Å². The van der Waals surface area contributed by atoms with Crippen LogP contribution in [0.1, 0.15) is 49.2 Å². The molecule has 30 heavy (non-hydrogen) atoms. The van der Waals surface area contributed by atoms with Gasteiger partial charge in [0.05, 0.1) is 19.8 Å². The van der Waals surface area contributed by atoms with E-state index in [4.69, 9.17) is 30.9 Å². The van der Waals surface area contributed by atoms with Crippen LogP contribution in [0.15, 0.2) is 60.7 Å². The minimum atomic E-state index is -0.782. The molecule has 3 atom stereocenters. The topological polar surface area (TPSA) is 65.0 Å². The van der Waals surface area contributed by atoms with Crippen LogP contribution in [0, 0.1) is 5.92 Å². The molecular formula is C24H27ClO5. The molecular weight excluding hydrogens is 404 g/mol. The van der Waals surface area contributed by atoms with Crippen molar-refractivity contribution >= 4 is 17.6 Å². The largest absolute Gasteiger partial charge is 0.496 e. The number of carboxylic acid groups (broad SMARTS) is 1. The summed E-state index contributed by atoms with van der Waals surface area (Å²) in [7, 11) is 1.66. The van der Waals surface area contributed by atoms with Gasteiger partial charge in [-0.25, -0.2) is 0 Å². The van der Waals surface area contributed by atoms with Crippen LogP contribution < -0.4 is 4.74 Å². The molecule has 160 valence electrons. The zero-order chi connectivity index (χ0) is 21.3. The maximum atomic E-state index is 10.6. The van der Waals surface area contributed by atoms with Crippen molar-refractivity contribution in [2.75, 3.05) is 13.7 Å². The van der Waals surface area contributed by atoms with Crippen LogP contribution in [0.4, 0.5) is 0 Å². The van der Waals surface area contributed by atoms with Crippen molar-refractivity contribution in [1.29, 1.82) is 0 Å². The average Bonchev–Trinajstić information content (AvgIpc) is 2.76. The number of aliphatic carboxylic acids is 1. The summed E-state index contributed by atoms with van der Waals surface area (Å²) >= 11 is 6.36. The Bertz CT molecular complexity index is 866. The first-order chi connectivity index (χ1) is 14.6. The Kier molecular flexibility index (Phi) is 8.31. The second-order valence-electron chi connectivity index (χ2n) is 7.23. The van der Waals surface area contributed by atoms with E-state index in [1.807, 2.05) is 60.7 Å². The molecule has 0 radical (unpaired) electrons. The van der Waals surface area contributed by atoms with E-state index in [9.17, 15) is 4.79 Å². The lowest BCUT2D eigenvalue weighted by molar-refractivity contribution is -0.245. The van der Waals surface area contributed by atoms with Crippen LogP contribution >= 0.6 is 11.6 Å². The molecule has 1 saturated heterocycles. The minimum absolute atomic E-state index is 0.129. The molecule has 2 aromatic carbocycles. The molecule has 0 unspecified atom stereocenters. The van der Waals surface area contributed by atoms with Gasteiger partial charge in [0.15, 0.2) is 6.29 Å². The number of allylic oxidation sites excluding steroid dienone is 2. The van der Waals surface area contributed by atoms with Gasteiger partial charge < -0.3 is 19.3 Å². The third kappa shape index (κ3) is 5.85. The highest BCUT2D eigenvalue weighted by atomic mass is 35.5. The van der Waals surface area contributed by atoms with Crippen molar-refractivity contribution in [2.24, 2.45) is 5.92 Å². The second-order valence-corrected chi connectivity index (χ2v) is 7.63. The second kappa shape index (κ2) is 11.2. The molecule has 1 heterocycles. The smallest absolute Gasteiger partial charge is 0.303 e. The Morgan fingerprint density at radius 3 is 2.57 bits per heavy atom. The summed E-state index contributed by atoms with van der Waals surface area (Å²) in [6, 6.07) is 15.4. The Morgan fingerprint density at radius 1 is 1.13 bits per heavy atom. The summed E-state index contributed by atoms with van der Waals surface area (Å²) in [5.74, 6) is 0.129. The molecule has 1 aliphatic heterocycles. The summed E-state index contributed by atoms with van der Waals surface area (Å²) in [5, 5.41) is 9.35. The van der Waals surface area contributed by atoms with Crippen molar-refractivity contribution in [2.45, 2.75) is 38.1 Å². The van der Waals surface area contributed by atoms with Crippen molar-refractivity contribution in [3.8, 4) is 5.75 Å². The molecule has 0 aromatic heterocycles. The Labute approximate surface area is 182 Å². The fourth-order valence-corrected chi connectivity index (χ4v) is 3.85. The molecule has 0 amide bonds. The van der Waals surface area contributed by atoms with Gasteiger partial charge in [-0.15, -0.1) is 0 Å². The molecule has 1 aliphatic rings. The van der Waals surface area contributed by atoms with Gasteiger partial charge in [-0.1, -0.05) is 60.2 Å². The van der Waals surface area contributed by atoms with Gasteiger partial charge in [0.2, 0.25) is 0 Å². The molecule has 1 fully saturated rings. The van der Waals surface area contributed by atoms with Crippen molar-refractivity contribution in [3.05, 3.63) is 76.8 Å². The van der Waals surface area contributed by atoms with Crippen LogP contribution in [0.25, 0.3) is 0 Å². The van der Waals surface area contributed by atoms with E-state index in [0.29, 0.717) is 18.1 Å². The van der Waals surface area contributed by atoms with E-state index in [-0.39, 0.29) is 18.4 Å². The highest BCUT2D eigenvalue weighted by Gasteiger charge is 2.35. The van der Waals surface area contributed by atoms with Gasteiger partial charge in [0, 0.05) is 28.5 Å². The quantitative estimate of drug-likeness (QED) is 0.498. The number of benzene rings is 2. The fraction of sp³-hybridized carbons (Fsp3) is 0.375. The van der Waals surface area contributed by atoms with E-state index in [1.54, 1.807) is 7.11 Å². The molecule has 0 spiro atoms. The first kappa shape index (κ1) is 22.3. The van der Waals surface area contributed by atoms with Crippen LogP contribution in [-0.4, -0.2) is 24.8 Å². The van der Waals surface area contributed by atoms with Crippen LogP contribution in [-0.2, 0) is 14.3 Å². The maximum Gasteiger partial charge on any atom is 0.303 e. The normalized spacial score (nSPS) is 21.6. The van der Waals surface area contributed by atoms with E-state index in [1.165, 1.54) is 0 Å². The third-order valence-electron chi connectivity index (χ3n) is 5.16. The molecule has 1 N–H and O–H groups in total. The summed E-state index contributed by atoms with van der Waals surface area (Å²) in [6.45, 7) is 0.529. The lowest BCUT2D eigenvalue weighted by atomic mass is 9.90. The highest BCUT2D eigenvalue weighted by molar-refractivity contribution is 6.31. The minimum Gasteiger partial charge on any atom is -0.496 e. The third-order valence-corrected chi connectivity index (χ3v) is 5.50. The van der Waals surface area contributed by atoms with Crippen LogP contribution in [0.5, 0.6) is 5.75 Å². The number of halogens is 1. The Hall–Kier alpha value is -2.34. The van der Waals surface area contributed by atoms with Gasteiger partial charge in [-0.05, 0) is 31.4 Å². The first-order valence-corrected chi connectivity index (χ1v) is 10.5. The Balaban J connectivity index is 1.75. The fourth-order valence-electron chi connectivity index (χ4n) is 3.63. The number of carbonyl (C=O) groups is 1.